The highest BCUT2D eigenvalue weighted by atomic mass is 16.5. The molecule has 3 aromatic carbocycles. The lowest BCUT2D eigenvalue weighted by Gasteiger charge is -2.27. The molecule has 0 aliphatic carbocycles. The molecule has 0 bridgehead atoms. The van der Waals surface area contributed by atoms with Crippen LogP contribution in [-0.4, -0.2) is 62.0 Å². The number of ether oxygens (including phenoxy) is 1. The van der Waals surface area contributed by atoms with Gasteiger partial charge in [0.25, 0.3) is 11.8 Å². The Morgan fingerprint density at radius 2 is 1.58 bits per heavy atom. The number of anilines is 3. The number of carbonyl (C=O) groups is 3. The van der Waals surface area contributed by atoms with Crippen molar-refractivity contribution in [3.63, 3.8) is 0 Å². The largest absolute Gasteiger partial charge is 0.378 e. The summed E-state index contributed by atoms with van der Waals surface area (Å²) in [5.41, 5.74) is 3.23. The minimum Gasteiger partial charge on any atom is -0.378 e. The van der Waals surface area contributed by atoms with Crippen molar-refractivity contribution in [1.29, 1.82) is 0 Å². The molecule has 3 aromatic rings. The maximum atomic E-state index is 12.9. The Labute approximate surface area is 210 Å². The molecule has 0 unspecified atom stereocenters. The molecule has 3 amide bonds. The van der Waals surface area contributed by atoms with Crippen LogP contribution < -0.4 is 15.5 Å². The van der Waals surface area contributed by atoms with Gasteiger partial charge in [0.15, 0.2) is 0 Å². The van der Waals surface area contributed by atoms with Crippen LogP contribution in [0.5, 0.6) is 0 Å². The van der Waals surface area contributed by atoms with Gasteiger partial charge in [0.05, 0.1) is 19.8 Å². The van der Waals surface area contributed by atoms with Crippen molar-refractivity contribution in [1.82, 2.24) is 4.90 Å². The summed E-state index contributed by atoms with van der Waals surface area (Å²) in [6, 6.07) is 23.5. The summed E-state index contributed by atoms with van der Waals surface area (Å²) >= 11 is 0. The maximum Gasteiger partial charge on any atom is 0.258 e. The lowest BCUT2D eigenvalue weighted by Crippen LogP contribution is -2.40. The molecule has 36 heavy (non-hydrogen) atoms. The van der Waals surface area contributed by atoms with Crippen molar-refractivity contribution in [3.05, 3.63) is 90.0 Å². The summed E-state index contributed by atoms with van der Waals surface area (Å²) in [6.45, 7) is 4.75. The zero-order valence-electron chi connectivity index (χ0n) is 20.3. The Balaban J connectivity index is 1.31. The molecule has 1 fully saturated rings. The molecule has 186 valence electrons. The first-order valence-electron chi connectivity index (χ1n) is 12.0. The van der Waals surface area contributed by atoms with Crippen molar-refractivity contribution < 1.29 is 19.1 Å². The van der Waals surface area contributed by atoms with E-state index in [0.29, 0.717) is 55.3 Å². The summed E-state index contributed by atoms with van der Waals surface area (Å²) in [4.78, 5) is 41.6. The van der Waals surface area contributed by atoms with Crippen LogP contribution in [0, 0.1) is 0 Å². The normalized spacial score (nSPS) is 13.1. The molecule has 1 heterocycles. The van der Waals surface area contributed by atoms with E-state index in [9.17, 15) is 14.4 Å². The van der Waals surface area contributed by atoms with Crippen LogP contribution in [0.3, 0.4) is 0 Å². The Hall–Kier alpha value is -4.17. The van der Waals surface area contributed by atoms with Gasteiger partial charge in [-0.2, -0.15) is 0 Å². The number of carbonyl (C=O) groups excluding carboxylic acids is 3. The topological polar surface area (TPSA) is 91.0 Å². The van der Waals surface area contributed by atoms with E-state index in [0.717, 1.165) is 5.69 Å². The number of para-hydroxylation sites is 1. The van der Waals surface area contributed by atoms with Gasteiger partial charge >= 0.3 is 0 Å². The first kappa shape index (κ1) is 24.9. The molecule has 0 aromatic heterocycles. The Kier molecular flexibility index (Phi) is 8.31. The van der Waals surface area contributed by atoms with Crippen LogP contribution >= 0.6 is 0 Å². The predicted octanol–water partition coefficient (Wildman–Crippen LogP) is 3.88. The Bertz CT molecular complexity index is 1190. The highest BCUT2D eigenvalue weighted by Gasteiger charge is 2.19. The van der Waals surface area contributed by atoms with Gasteiger partial charge in [0.2, 0.25) is 5.91 Å². The molecule has 0 spiro atoms. The van der Waals surface area contributed by atoms with Crippen LogP contribution in [-0.2, 0) is 9.53 Å². The van der Waals surface area contributed by atoms with E-state index in [1.807, 2.05) is 43.3 Å². The number of morpholine rings is 1. The third kappa shape index (κ3) is 6.28. The second-order valence-corrected chi connectivity index (χ2v) is 8.35. The summed E-state index contributed by atoms with van der Waals surface area (Å²) in [5, 5.41) is 5.89. The summed E-state index contributed by atoms with van der Waals surface area (Å²) < 4.78 is 5.31. The SMILES string of the molecule is CCN(C(=O)c1ccc(NC(=O)CNc2cccc(C(=O)N3CCOCC3)c2)cc1)c1ccccc1. The third-order valence-corrected chi connectivity index (χ3v) is 5.91. The summed E-state index contributed by atoms with van der Waals surface area (Å²) in [7, 11) is 0. The molecule has 0 saturated carbocycles. The van der Waals surface area contributed by atoms with Gasteiger partial charge in [-0.15, -0.1) is 0 Å². The number of hydrogen-bond donors (Lipinski definition) is 2. The fourth-order valence-electron chi connectivity index (χ4n) is 4.00. The van der Waals surface area contributed by atoms with E-state index < -0.39 is 0 Å². The molecule has 8 heteroatoms. The van der Waals surface area contributed by atoms with Crippen LogP contribution in [0.15, 0.2) is 78.9 Å². The highest BCUT2D eigenvalue weighted by molar-refractivity contribution is 6.06. The number of hydrogen-bond acceptors (Lipinski definition) is 5. The van der Waals surface area contributed by atoms with Gasteiger partial charge in [-0.05, 0) is 61.5 Å². The van der Waals surface area contributed by atoms with Crippen LogP contribution in [0.25, 0.3) is 0 Å². The number of amides is 3. The minimum atomic E-state index is -0.238. The second kappa shape index (κ2) is 12.0. The predicted molar refractivity (Wildman–Crippen MR) is 141 cm³/mol. The summed E-state index contributed by atoms with van der Waals surface area (Å²) in [5.74, 6) is -0.386. The van der Waals surface area contributed by atoms with Gasteiger partial charge in [0, 0.05) is 47.8 Å². The van der Waals surface area contributed by atoms with E-state index >= 15 is 0 Å². The first-order chi connectivity index (χ1) is 17.5. The average molecular weight is 487 g/mol. The molecular weight excluding hydrogens is 456 g/mol. The lowest BCUT2D eigenvalue weighted by molar-refractivity contribution is -0.114. The van der Waals surface area contributed by atoms with Crippen molar-refractivity contribution in [2.75, 3.05) is 54.9 Å². The highest BCUT2D eigenvalue weighted by Crippen LogP contribution is 2.18. The van der Waals surface area contributed by atoms with E-state index in [1.54, 1.807) is 52.3 Å². The summed E-state index contributed by atoms with van der Waals surface area (Å²) in [6.07, 6.45) is 0. The van der Waals surface area contributed by atoms with Gasteiger partial charge in [-0.25, -0.2) is 0 Å². The van der Waals surface area contributed by atoms with E-state index in [2.05, 4.69) is 10.6 Å². The molecule has 1 saturated heterocycles. The average Bonchev–Trinajstić information content (AvgIpc) is 2.93. The van der Waals surface area contributed by atoms with Gasteiger partial charge in [-0.3, -0.25) is 14.4 Å². The van der Waals surface area contributed by atoms with E-state index in [1.165, 1.54) is 0 Å². The molecule has 0 atom stereocenters. The van der Waals surface area contributed by atoms with Crippen molar-refractivity contribution in [2.24, 2.45) is 0 Å². The fourth-order valence-corrected chi connectivity index (χ4v) is 4.00. The molecule has 0 radical (unpaired) electrons. The van der Waals surface area contributed by atoms with Gasteiger partial charge < -0.3 is 25.2 Å². The minimum absolute atomic E-state index is 0.0352. The van der Waals surface area contributed by atoms with Gasteiger partial charge in [-0.1, -0.05) is 24.3 Å². The fraction of sp³-hybridized carbons (Fsp3) is 0.250. The van der Waals surface area contributed by atoms with Crippen molar-refractivity contribution in [2.45, 2.75) is 6.92 Å². The maximum absolute atomic E-state index is 12.9. The molecular formula is C28H30N4O4. The van der Waals surface area contributed by atoms with E-state index in [4.69, 9.17) is 4.74 Å². The zero-order valence-corrected chi connectivity index (χ0v) is 20.3. The smallest absolute Gasteiger partial charge is 0.258 e. The first-order valence-corrected chi connectivity index (χ1v) is 12.0. The standard InChI is InChI=1S/C28H30N4O4/c1-2-32(25-9-4-3-5-10-25)28(35)21-11-13-23(14-12-21)30-26(33)20-29-24-8-6-7-22(19-24)27(34)31-15-17-36-18-16-31/h3-14,19,29H,2,15-18,20H2,1H3,(H,30,33). The molecule has 1 aliphatic heterocycles. The van der Waals surface area contributed by atoms with Gasteiger partial charge in [0.1, 0.15) is 0 Å². The lowest BCUT2D eigenvalue weighted by atomic mass is 10.1. The molecule has 4 rings (SSSR count). The molecule has 8 nitrogen and oxygen atoms in total. The quantitative estimate of drug-likeness (QED) is 0.504. The van der Waals surface area contributed by atoms with Crippen LogP contribution in [0.2, 0.25) is 0 Å². The number of nitrogens with zero attached hydrogens (tertiary/aromatic N) is 2. The number of rotatable bonds is 8. The van der Waals surface area contributed by atoms with Crippen LogP contribution in [0.1, 0.15) is 27.6 Å². The Morgan fingerprint density at radius 3 is 2.28 bits per heavy atom. The molecule has 2 N–H and O–H groups in total. The second-order valence-electron chi connectivity index (χ2n) is 8.35. The molecule has 1 aliphatic rings. The number of nitrogens with one attached hydrogen (secondary N) is 2. The number of benzene rings is 3. The zero-order chi connectivity index (χ0) is 25.3. The van der Waals surface area contributed by atoms with Crippen LogP contribution in [0.4, 0.5) is 17.1 Å². The van der Waals surface area contributed by atoms with Crippen molar-refractivity contribution >= 4 is 34.8 Å². The Morgan fingerprint density at radius 1 is 0.861 bits per heavy atom. The third-order valence-electron chi connectivity index (χ3n) is 5.91. The van der Waals surface area contributed by atoms with Crippen molar-refractivity contribution in [3.8, 4) is 0 Å². The van der Waals surface area contributed by atoms with E-state index in [-0.39, 0.29) is 24.3 Å². The monoisotopic (exact) mass is 486 g/mol.